The van der Waals surface area contributed by atoms with Crippen molar-refractivity contribution in [1.29, 1.82) is 0 Å². The Bertz CT molecular complexity index is 551. The number of imidazole rings is 1. The molecule has 0 unspecified atom stereocenters. The molecule has 6 heteroatoms. The van der Waals surface area contributed by atoms with Crippen LogP contribution in [0.15, 0.2) is 23.2 Å². The fourth-order valence-corrected chi connectivity index (χ4v) is 2.28. The van der Waals surface area contributed by atoms with E-state index in [0.29, 0.717) is 6.04 Å². The zero-order chi connectivity index (χ0) is 14.5. The van der Waals surface area contributed by atoms with E-state index in [1.165, 1.54) is 0 Å². The molecule has 0 atom stereocenters. The molecule has 1 N–H and O–H groups in total. The number of nitrogens with zero attached hydrogens (tertiary/aromatic N) is 4. The van der Waals surface area contributed by atoms with Gasteiger partial charge in [-0.25, -0.2) is 9.97 Å². The van der Waals surface area contributed by atoms with Gasteiger partial charge in [0, 0.05) is 18.8 Å². The van der Waals surface area contributed by atoms with Crippen molar-refractivity contribution >= 4 is 21.6 Å². The predicted molar refractivity (Wildman–Crippen MR) is 84.8 cm³/mol. The van der Waals surface area contributed by atoms with Crippen LogP contribution < -0.4 is 5.32 Å². The van der Waals surface area contributed by atoms with Gasteiger partial charge in [-0.3, -0.25) is 4.40 Å². The number of fused-ring (bicyclic) bond motifs is 1. The maximum atomic E-state index is 4.34. The molecule has 0 bridgehead atoms. The fraction of sp³-hybridized carbons (Fsp3) is 0.571. The van der Waals surface area contributed by atoms with Crippen LogP contribution in [0.3, 0.4) is 0 Å². The summed E-state index contributed by atoms with van der Waals surface area (Å²) in [4.78, 5) is 10.9. The van der Waals surface area contributed by atoms with Crippen molar-refractivity contribution in [3.8, 4) is 0 Å². The Morgan fingerprint density at radius 1 is 1.35 bits per heavy atom. The Hall–Kier alpha value is -0.980. The lowest BCUT2D eigenvalue weighted by Gasteiger charge is -2.20. The molecule has 2 aromatic heterocycles. The van der Waals surface area contributed by atoms with E-state index in [1.54, 1.807) is 6.20 Å². The fourth-order valence-electron chi connectivity index (χ4n) is 1.97. The molecule has 0 saturated heterocycles. The van der Waals surface area contributed by atoms with Gasteiger partial charge in [0.1, 0.15) is 4.60 Å². The lowest BCUT2D eigenvalue weighted by atomic mass is 10.3. The van der Waals surface area contributed by atoms with E-state index >= 15 is 0 Å². The second kappa shape index (κ2) is 7.15. The lowest BCUT2D eigenvalue weighted by molar-refractivity contribution is 0.269. The summed E-state index contributed by atoms with van der Waals surface area (Å²) in [6.45, 7) is 7.39. The van der Waals surface area contributed by atoms with Gasteiger partial charge in [0.2, 0.25) is 0 Å². The molecule has 0 fully saturated rings. The number of rotatable bonds is 7. The minimum atomic E-state index is 0.610. The van der Waals surface area contributed by atoms with Crippen molar-refractivity contribution in [3.05, 3.63) is 28.9 Å². The molecule has 20 heavy (non-hydrogen) atoms. The summed E-state index contributed by atoms with van der Waals surface area (Å²) in [6.07, 6.45) is 6.77. The molecule has 0 radical (unpaired) electrons. The summed E-state index contributed by atoms with van der Waals surface area (Å²) in [5.74, 6) is 0. The van der Waals surface area contributed by atoms with Crippen LogP contribution in [-0.4, -0.2) is 45.4 Å². The molecule has 2 aromatic rings. The second-order valence-corrected chi connectivity index (χ2v) is 6.10. The molecule has 2 rings (SSSR count). The summed E-state index contributed by atoms with van der Waals surface area (Å²) in [6, 6.07) is 0.610. The lowest BCUT2D eigenvalue weighted by Crippen LogP contribution is -2.29. The minimum absolute atomic E-state index is 0.610. The number of halogens is 1. The molecule has 2 heterocycles. The minimum Gasteiger partial charge on any atom is -0.311 e. The molecule has 0 spiro atoms. The predicted octanol–water partition coefficient (Wildman–Crippen LogP) is 2.31. The molecular formula is C14H22BrN5. The van der Waals surface area contributed by atoms with Crippen LogP contribution in [0.5, 0.6) is 0 Å². The standard InChI is InChI=1S/C14H22BrN5/c1-11(2)19(3)6-4-5-16-7-12-8-18-14-9-17-13(15)10-20(12)14/h8-11,16H,4-7H2,1-3H3. The highest BCUT2D eigenvalue weighted by atomic mass is 79.9. The van der Waals surface area contributed by atoms with Gasteiger partial charge in [0.25, 0.3) is 0 Å². The third-order valence-electron chi connectivity index (χ3n) is 3.49. The Labute approximate surface area is 128 Å². The third-order valence-corrected chi connectivity index (χ3v) is 3.90. The van der Waals surface area contributed by atoms with Gasteiger partial charge in [-0.15, -0.1) is 0 Å². The molecular weight excluding hydrogens is 318 g/mol. The van der Waals surface area contributed by atoms with E-state index in [-0.39, 0.29) is 0 Å². The van der Waals surface area contributed by atoms with Crippen molar-refractivity contribution in [2.45, 2.75) is 32.9 Å². The first-order chi connectivity index (χ1) is 9.58. The summed E-state index contributed by atoms with van der Waals surface area (Å²) < 4.78 is 2.88. The highest BCUT2D eigenvalue weighted by Gasteiger charge is 2.05. The quantitative estimate of drug-likeness (QED) is 0.786. The Kier molecular flexibility index (Phi) is 5.51. The van der Waals surface area contributed by atoms with Gasteiger partial charge in [-0.05, 0) is 56.3 Å². The van der Waals surface area contributed by atoms with Gasteiger partial charge < -0.3 is 10.2 Å². The maximum Gasteiger partial charge on any atom is 0.155 e. The van der Waals surface area contributed by atoms with Crippen molar-refractivity contribution < 1.29 is 0 Å². The van der Waals surface area contributed by atoms with Gasteiger partial charge in [-0.2, -0.15) is 0 Å². The van der Waals surface area contributed by atoms with Crippen LogP contribution in [0.1, 0.15) is 26.0 Å². The Morgan fingerprint density at radius 3 is 2.90 bits per heavy atom. The van der Waals surface area contributed by atoms with Gasteiger partial charge in [0.15, 0.2) is 5.65 Å². The van der Waals surface area contributed by atoms with Crippen LogP contribution >= 0.6 is 15.9 Å². The number of hydrogen-bond acceptors (Lipinski definition) is 4. The first-order valence-electron chi connectivity index (χ1n) is 6.96. The summed E-state index contributed by atoms with van der Waals surface area (Å²) in [7, 11) is 2.17. The smallest absolute Gasteiger partial charge is 0.155 e. The van der Waals surface area contributed by atoms with E-state index < -0.39 is 0 Å². The van der Waals surface area contributed by atoms with Crippen molar-refractivity contribution in [2.24, 2.45) is 0 Å². The average Bonchev–Trinajstić information content (AvgIpc) is 2.80. The van der Waals surface area contributed by atoms with Crippen LogP contribution in [0.4, 0.5) is 0 Å². The highest BCUT2D eigenvalue weighted by Crippen LogP contribution is 2.10. The molecule has 0 aromatic carbocycles. The van der Waals surface area contributed by atoms with E-state index in [4.69, 9.17) is 0 Å². The van der Waals surface area contributed by atoms with E-state index in [2.05, 4.69) is 61.4 Å². The van der Waals surface area contributed by atoms with Gasteiger partial charge >= 0.3 is 0 Å². The van der Waals surface area contributed by atoms with E-state index in [1.807, 2.05) is 12.4 Å². The number of aromatic nitrogens is 3. The molecule has 0 aliphatic carbocycles. The van der Waals surface area contributed by atoms with Crippen molar-refractivity contribution in [1.82, 2.24) is 24.6 Å². The first kappa shape index (κ1) is 15.4. The number of hydrogen-bond donors (Lipinski definition) is 1. The SMILES string of the molecule is CC(C)N(C)CCCNCc1cnc2cnc(Br)cn12. The zero-order valence-corrected chi connectivity index (χ0v) is 13.9. The molecule has 0 aliphatic rings. The molecule has 110 valence electrons. The average molecular weight is 340 g/mol. The van der Waals surface area contributed by atoms with Crippen molar-refractivity contribution in [3.63, 3.8) is 0 Å². The molecule has 0 amide bonds. The highest BCUT2D eigenvalue weighted by molar-refractivity contribution is 9.10. The largest absolute Gasteiger partial charge is 0.311 e. The second-order valence-electron chi connectivity index (χ2n) is 5.29. The monoisotopic (exact) mass is 339 g/mol. The molecule has 5 nitrogen and oxygen atoms in total. The molecule has 0 aliphatic heterocycles. The van der Waals surface area contributed by atoms with Crippen LogP contribution in [0, 0.1) is 0 Å². The first-order valence-corrected chi connectivity index (χ1v) is 7.75. The topological polar surface area (TPSA) is 45.5 Å². The van der Waals surface area contributed by atoms with Crippen LogP contribution in [0.2, 0.25) is 0 Å². The number of nitrogens with one attached hydrogen (secondary N) is 1. The normalized spacial score (nSPS) is 11.9. The summed E-state index contributed by atoms with van der Waals surface area (Å²) >= 11 is 3.39. The summed E-state index contributed by atoms with van der Waals surface area (Å²) in [5, 5.41) is 3.47. The van der Waals surface area contributed by atoms with Crippen LogP contribution in [0.25, 0.3) is 5.65 Å². The Balaban J connectivity index is 1.80. The molecule has 0 saturated carbocycles. The van der Waals surface area contributed by atoms with Crippen LogP contribution in [-0.2, 0) is 6.54 Å². The zero-order valence-electron chi connectivity index (χ0n) is 12.3. The third kappa shape index (κ3) is 4.01. The van der Waals surface area contributed by atoms with Gasteiger partial charge in [-0.1, -0.05) is 0 Å². The van der Waals surface area contributed by atoms with E-state index in [0.717, 1.165) is 42.0 Å². The van der Waals surface area contributed by atoms with Crippen molar-refractivity contribution in [2.75, 3.05) is 20.1 Å². The van der Waals surface area contributed by atoms with E-state index in [9.17, 15) is 0 Å². The maximum absolute atomic E-state index is 4.34. The Morgan fingerprint density at radius 2 is 2.15 bits per heavy atom. The summed E-state index contributed by atoms with van der Waals surface area (Å²) in [5.41, 5.74) is 2.03. The van der Waals surface area contributed by atoms with Gasteiger partial charge in [0.05, 0.1) is 18.1 Å².